The van der Waals surface area contributed by atoms with Gasteiger partial charge in [0, 0.05) is 4.88 Å². The van der Waals surface area contributed by atoms with Crippen molar-refractivity contribution in [2.45, 2.75) is 45.4 Å². The van der Waals surface area contributed by atoms with Gasteiger partial charge in [-0.25, -0.2) is 0 Å². The third-order valence-electron chi connectivity index (χ3n) is 4.33. The van der Waals surface area contributed by atoms with Crippen LogP contribution in [0.15, 0.2) is 17.5 Å². The van der Waals surface area contributed by atoms with E-state index in [2.05, 4.69) is 24.4 Å². The Bertz CT molecular complexity index is 372. The van der Waals surface area contributed by atoms with Crippen molar-refractivity contribution in [3.63, 3.8) is 0 Å². The molecule has 0 aromatic carbocycles. The van der Waals surface area contributed by atoms with E-state index in [0.717, 1.165) is 38.0 Å². The van der Waals surface area contributed by atoms with Gasteiger partial charge >= 0.3 is 5.97 Å². The molecule has 100 valence electrons. The number of thiophene rings is 1. The molecular weight excluding hydrogens is 244 g/mol. The summed E-state index contributed by atoms with van der Waals surface area (Å²) < 4.78 is 0. The Morgan fingerprint density at radius 1 is 1.50 bits per heavy atom. The first-order valence-corrected chi connectivity index (χ1v) is 7.83. The van der Waals surface area contributed by atoms with Crippen LogP contribution in [0.25, 0.3) is 0 Å². The predicted octanol–water partition coefficient (Wildman–Crippen LogP) is 4.21. The summed E-state index contributed by atoms with van der Waals surface area (Å²) in [6, 6.07) is 4.23. The summed E-state index contributed by atoms with van der Waals surface area (Å²) in [7, 11) is 0. The summed E-state index contributed by atoms with van der Waals surface area (Å²) in [4.78, 5) is 12.7. The van der Waals surface area contributed by atoms with Gasteiger partial charge in [-0.1, -0.05) is 19.4 Å². The fourth-order valence-electron chi connectivity index (χ4n) is 3.16. The molecule has 0 spiro atoms. The van der Waals surface area contributed by atoms with Gasteiger partial charge in [0.15, 0.2) is 0 Å². The highest BCUT2D eigenvalue weighted by molar-refractivity contribution is 7.09. The number of hydrogen-bond donors (Lipinski definition) is 1. The Kier molecular flexibility index (Phi) is 4.81. The monoisotopic (exact) mass is 266 g/mol. The first kappa shape index (κ1) is 13.6. The molecule has 1 saturated carbocycles. The van der Waals surface area contributed by atoms with Gasteiger partial charge in [0.2, 0.25) is 0 Å². The molecule has 1 aromatic rings. The molecule has 1 aliphatic carbocycles. The summed E-state index contributed by atoms with van der Waals surface area (Å²) in [6.45, 7) is 2.22. The topological polar surface area (TPSA) is 37.3 Å². The highest BCUT2D eigenvalue weighted by Crippen LogP contribution is 2.38. The maximum Gasteiger partial charge on any atom is 0.306 e. The molecule has 0 amide bonds. The second kappa shape index (κ2) is 6.37. The summed E-state index contributed by atoms with van der Waals surface area (Å²) in [5.41, 5.74) is 0. The maximum absolute atomic E-state index is 11.3. The zero-order valence-corrected chi connectivity index (χ0v) is 11.8. The highest BCUT2D eigenvalue weighted by atomic mass is 32.1. The second-order valence-electron chi connectivity index (χ2n) is 5.41. The number of aryl methyl sites for hydroxylation is 1. The highest BCUT2D eigenvalue weighted by Gasteiger charge is 2.33. The van der Waals surface area contributed by atoms with E-state index >= 15 is 0 Å². The molecular formula is C15H22O2S. The lowest BCUT2D eigenvalue weighted by molar-refractivity contribution is -0.145. The Morgan fingerprint density at radius 3 is 2.94 bits per heavy atom. The summed E-state index contributed by atoms with van der Waals surface area (Å²) in [5.74, 6) is 0.436. The van der Waals surface area contributed by atoms with Gasteiger partial charge in [0.25, 0.3) is 0 Å². The van der Waals surface area contributed by atoms with Crippen molar-refractivity contribution in [2.75, 3.05) is 0 Å². The van der Waals surface area contributed by atoms with E-state index in [9.17, 15) is 9.90 Å². The van der Waals surface area contributed by atoms with Gasteiger partial charge in [-0.15, -0.1) is 11.3 Å². The van der Waals surface area contributed by atoms with E-state index < -0.39 is 5.97 Å². The van der Waals surface area contributed by atoms with Crippen LogP contribution in [0.4, 0.5) is 0 Å². The van der Waals surface area contributed by atoms with Crippen molar-refractivity contribution in [1.82, 2.24) is 0 Å². The molecule has 3 heteroatoms. The van der Waals surface area contributed by atoms with Gasteiger partial charge in [0.05, 0.1) is 5.92 Å². The minimum absolute atomic E-state index is 0.104. The lowest BCUT2D eigenvalue weighted by Gasteiger charge is -2.33. The normalized spacial score (nSPS) is 28.2. The molecule has 1 aromatic heterocycles. The first-order chi connectivity index (χ1) is 8.70. The van der Waals surface area contributed by atoms with Crippen molar-refractivity contribution < 1.29 is 9.90 Å². The quantitative estimate of drug-likeness (QED) is 0.867. The standard InChI is InChI=1S/C15H22O2S/c1-2-11-5-8-14(15(16)17)12(10-11)6-7-13-4-3-9-18-13/h3-4,9,11-12,14H,2,5-8,10H2,1H3,(H,16,17). The Balaban J connectivity index is 1.94. The van der Waals surface area contributed by atoms with Crippen molar-refractivity contribution >= 4 is 17.3 Å². The molecule has 1 heterocycles. The van der Waals surface area contributed by atoms with E-state index in [4.69, 9.17) is 0 Å². The molecule has 0 aliphatic heterocycles. The number of carbonyl (C=O) groups is 1. The molecule has 1 fully saturated rings. The van der Waals surface area contributed by atoms with E-state index in [0.29, 0.717) is 5.92 Å². The van der Waals surface area contributed by atoms with Crippen molar-refractivity contribution in [1.29, 1.82) is 0 Å². The fourth-order valence-corrected chi connectivity index (χ4v) is 3.88. The molecule has 0 radical (unpaired) electrons. The largest absolute Gasteiger partial charge is 0.481 e. The van der Waals surface area contributed by atoms with Crippen LogP contribution in [0, 0.1) is 17.8 Å². The van der Waals surface area contributed by atoms with Crippen LogP contribution < -0.4 is 0 Å². The van der Waals surface area contributed by atoms with E-state index in [1.807, 2.05) is 0 Å². The van der Waals surface area contributed by atoms with Crippen LogP contribution in [0.2, 0.25) is 0 Å². The molecule has 2 rings (SSSR count). The van der Waals surface area contributed by atoms with E-state index in [-0.39, 0.29) is 5.92 Å². The van der Waals surface area contributed by atoms with Crippen molar-refractivity contribution in [3.8, 4) is 0 Å². The molecule has 1 aliphatic rings. The van der Waals surface area contributed by atoms with Crippen LogP contribution in [0.3, 0.4) is 0 Å². The number of aliphatic carboxylic acids is 1. The molecule has 3 unspecified atom stereocenters. The predicted molar refractivity (Wildman–Crippen MR) is 74.9 cm³/mol. The number of carboxylic acid groups (broad SMARTS) is 1. The van der Waals surface area contributed by atoms with Gasteiger partial charge < -0.3 is 5.11 Å². The Labute approximate surface area is 113 Å². The average Bonchev–Trinajstić information content (AvgIpc) is 2.88. The van der Waals surface area contributed by atoms with Gasteiger partial charge in [-0.3, -0.25) is 4.79 Å². The lowest BCUT2D eigenvalue weighted by Crippen LogP contribution is -2.30. The number of rotatable bonds is 5. The van der Waals surface area contributed by atoms with Crippen LogP contribution in [-0.4, -0.2) is 11.1 Å². The fraction of sp³-hybridized carbons (Fsp3) is 0.667. The second-order valence-corrected chi connectivity index (χ2v) is 6.44. The van der Waals surface area contributed by atoms with Crippen LogP contribution >= 0.6 is 11.3 Å². The molecule has 2 nitrogen and oxygen atoms in total. The third kappa shape index (κ3) is 3.35. The zero-order valence-electron chi connectivity index (χ0n) is 11.0. The van der Waals surface area contributed by atoms with E-state index in [1.165, 1.54) is 11.3 Å². The minimum Gasteiger partial charge on any atom is -0.481 e. The molecule has 3 atom stereocenters. The first-order valence-electron chi connectivity index (χ1n) is 6.96. The molecule has 1 N–H and O–H groups in total. The number of carboxylic acids is 1. The summed E-state index contributed by atoms with van der Waals surface area (Å²) in [6.07, 6.45) is 6.36. The van der Waals surface area contributed by atoms with Gasteiger partial charge in [-0.2, -0.15) is 0 Å². The van der Waals surface area contributed by atoms with Gasteiger partial charge in [0.1, 0.15) is 0 Å². The minimum atomic E-state index is -0.583. The Morgan fingerprint density at radius 2 is 2.33 bits per heavy atom. The van der Waals surface area contributed by atoms with Crippen molar-refractivity contribution in [2.24, 2.45) is 17.8 Å². The van der Waals surface area contributed by atoms with Gasteiger partial charge in [-0.05, 0) is 55.4 Å². The van der Waals surface area contributed by atoms with Crippen LogP contribution in [0.5, 0.6) is 0 Å². The number of hydrogen-bond acceptors (Lipinski definition) is 2. The van der Waals surface area contributed by atoms with Crippen LogP contribution in [-0.2, 0) is 11.2 Å². The summed E-state index contributed by atoms with van der Waals surface area (Å²) >= 11 is 1.78. The summed E-state index contributed by atoms with van der Waals surface area (Å²) in [5, 5.41) is 11.4. The van der Waals surface area contributed by atoms with Crippen molar-refractivity contribution in [3.05, 3.63) is 22.4 Å². The van der Waals surface area contributed by atoms with Crippen LogP contribution in [0.1, 0.15) is 43.9 Å². The zero-order chi connectivity index (χ0) is 13.0. The molecule has 0 bridgehead atoms. The molecule has 18 heavy (non-hydrogen) atoms. The third-order valence-corrected chi connectivity index (χ3v) is 5.26. The average molecular weight is 266 g/mol. The smallest absolute Gasteiger partial charge is 0.306 e. The van der Waals surface area contributed by atoms with E-state index in [1.54, 1.807) is 11.3 Å². The maximum atomic E-state index is 11.3. The molecule has 0 saturated heterocycles. The SMILES string of the molecule is CCC1CCC(C(=O)O)C(CCc2cccs2)C1. The Hall–Kier alpha value is -0.830. The lowest BCUT2D eigenvalue weighted by atomic mass is 9.71.